The molecule has 0 amide bonds. The first-order valence-corrected chi connectivity index (χ1v) is 7.29. The van der Waals surface area contributed by atoms with Gasteiger partial charge in [0.2, 0.25) is 0 Å². The van der Waals surface area contributed by atoms with Crippen molar-refractivity contribution >= 4 is 11.4 Å². The van der Waals surface area contributed by atoms with E-state index in [1.807, 2.05) is 19.9 Å². The zero-order chi connectivity index (χ0) is 14.0. The van der Waals surface area contributed by atoms with Crippen LogP contribution in [-0.2, 0) is 0 Å². The van der Waals surface area contributed by atoms with E-state index in [4.69, 9.17) is 10.5 Å². The predicted molar refractivity (Wildman–Crippen MR) is 81.8 cm³/mol. The highest BCUT2D eigenvalue weighted by Crippen LogP contribution is 2.32. The van der Waals surface area contributed by atoms with Gasteiger partial charge in [0.15, 0.2) is 0 Å². The number of rotatable bonds is 3. The summed E-state index contributed by atoms with van der Waals surface area (Å²) in [5.41, 5.74) is 7.97. The smallest absolute Gasteiger partial charge is 0.123 e. The largest absolute Gasteiger partial charge is 0.491 e. The van der Waals surface area contributed by atoms with Crippen LogP contribution in [0.1, 0.15) is 40.5 Å². The molecule has 3 nitrogen and oxygen atoms in total. The van der Waals surface area contributed by atoms with Crippen molar-refractivity contribution in [3.8, 4) is 5.75 Å². The van der Waals surface area contributed by atoms with Crippen molar-refractivity contribution in [2.45, 2.75) is 52.7 Å². The molecule has 0 aromatic heterocycles. The van der Waals surface area contributed by atoms with Crippen LogP contribution in [0.2, 0.25) is 0 Å². The van der Waals surface area contributed by atoms with Crippen molar-refractivity contribution in [3.05, 3.63) is 18.2 Å². The van der Waals surface area contributed by atoms with Gasteiger partial charge in [-0.25, -0.2) is 0 Å². The van der Waals surface area contributed by atoms with Gasteiger partial charge in [-0.15, -0.1) is 0 Å². The Morgan fingerprint density at radius 2 is 2.00 bits per heavy atom. The fraction of sp³-hybridized carbons (Fsp3) is 0.625. The Hall–Kier alpha value is -1.38. The maximum Gasteiger partial charge on any atom is 0.123 e. The summed E-state index contributed by atoms with van der Waals surface area (Å²) < 4.78 is 5.78. The average molecular weight is 262 g/mol. The lowest BCUT2D eigenvalue weighted by Gasteiger charge is -2.38. The van der Waals surface area contributed by atoms with Crippen LogP contribution < -0.4 is 15.4 Å². The molecule has 2 atom stereocenters. The molecule has 2 unspecified atom stereocenters. The van der Waals surface area contributed by atoms with E-state index in [2.05, 4.69) is 30.9 Å². The fourth-order valence-corrected chi connectivity index (χ4v) is 2.90. The van der Waals surface area contributed by atoms with Gasteiger partial charge >= 0.3 is 0 Å². The molecule has 0 aliphatic carbocycles. The van der Waals surface area contributed by atoms with E-state index >= 15 is 0 Å². The maximum atomic E-state index is 6.01. The molecule has 1 fully saturated rings. The van der Waals surface area contributed by atoms with Crippen molar-refractivity contribution in [2.75, 3.05) is 17.2 Å². The van der Waals surface area contributed by atoms with Crippen molar-refractivity contribution in [2.24, 2.45) is 5.92 Å². The highest BCUT2D eigenvalue weighted by atomic mass is 16.5. The molecule has 2 rings (SSSR count). The molecule has 0 spiro atoms. The topological polar surface area (TPSA) is 38.5 Å². The number of hydrogen-bond acceptors (Lipinski definition) is 3. The minimum atomic E-state index is 0.174. The normalized spacial score (nSPS) is 23.7. The molecular weight excluding hydrogens is 236 g/mol. The van der Waals surface area contributed by atoms with Crippen molar-refractivity contribution < 1.29 is 4.74 Å². The molecule has 1 aliphatic heterocycles. The molecule has 1 aromatic rings. The van der Waals surface area contributed by atoms with Crippen LogP contribution in [0.3, 0.4) is 0 Å². The highest BCUT2D eigenvalue weighted by molar-refractivity contribution is 5.61. The van der Waals surface area contributed by atoms with Gasteiger partial charge in [0, 0.05) is 36.1 Å². The summed E-state index contributed by atoms with van der Waals surface area (Å²) >= 11 is 0. The number of anilines is 2. The second-order valence-corrected chi connectivity index (χ2v) is 6.10. The Morgan fingerprint density at radius 1 is 1.26 bits per heavy atom. The Labute approximate surface area is 116 Å². The molecule has 1 aromatic carbocycles. The van der Waals surface area contributed by atoms with E-state index in [0.29, 0.717) is 6.04 Å². The third-order valence-electron chi connectivity index (χ3n) is 3.76. The van der Waals surface area contributed by atoms with Crippen LogP contribution in [0.25, 0.3) is 0 Å². The molecule has 19 heavy (non-hydrogen) atoms. The van der Waals surface area contributed by atoms with E-state index in [1.165, 1.54) is 18.5 Å². The van der Waals surface area contributed by atoms with E-state index < -0.39 is 0 Å². The van der Waals surface area contributed by atoms with E-state index in [9.17, 15) is 0 Å². The number of piperidine rings is 1. The number of ether oxygens (including phenoxy) is 1. The standard InChI is InChI=1S/C16H26N2O/c1-11(2)19-16-9-14(17)8-15(10-16)18-6-5-12(3)7-13(18)4/h8-13H,5-7,17H2,1-4H3. The first kappa shape index (κ1) is 14.0. The number of nitrogen functional groups attached to an aromatic ring is 1. The molecule has 1 aliphatic rings. The Morgan fingerprint density at radius 3 is 2.63 bits per heavy atom. The lowest BCUT2D eigenvalue weighted by molar-refractivity contribution is 0.242. The predicted octanol–water partition coefficient (Wildman–Crippen LogP) is 3.68. The van der Waals surface area contributed by atoms with Gasteiger partial charge in [-0.2, -0.15) is 0 Å². The quantitative estimate of drug-likeness (QED) is 0.844. The number of nitrogens with two attached hydrogens (primary N) is 1. The summed E-state index contributed by atoms with van der Waals surface area (Å²) in [6.07, 6.45) is 2.67. The highest BCUT2D eigenvalue weighted by Gasteiger charge is 2.23. The Bertz CT molecular complexity index is 431. The molecule has 2 N–H and O–H groups in total. The summed E-state index contributed by atoms with van der Waals surface area (Å²) in [6.45, 7) is 9.80. The zero-order valence-corrected chi connectivity index (χ0v) is 12.5. The van der Waals surface area contributed by atoms with Gasteiger partial charge in [-0.3, -0.25) is 0 Å². The van der Waals surface area contributed by atoms with Crippen molar-refractivity contribution in [1.29, 1.82) is 0 Å². The second kappa shape index (κ2) is 5.72. The van der Waals surface area contributed by atoms with Gasteiger partial charge in [-0.05, 0) is 45.6 Å². The minimum Gasteiger partial charge on any atom is -0.491 e. The van der Waals surface area contributed by atoms with Gasteiger partial charge in [0.1, 0.15) is 5.75 Å². The fourth-order valence-electron chi connectivity index (χ4n) is 2.90. The summed E-state index contributed by atoms with van der Waals surface area (Å²) in [5.74, 6) is 1.69. The van der Waals surface area contributed by atoms with Crippen LogP contribution in [-0.4, -0.2) is 18.7 Å². The molecule has 106 valence electrons. The first-order valence-electron chi connectivity index (χ1n) is 7.29. The van der Waals surface area contributed by atoms with E-state index in [1.54, 1.807) is 0 Å². The van der Waals surface area contributed by atoms with E-state index in [-0.39, 0.29) is 6.10 Å². The number of benzene rings is 1. The van der Waals surface area contributed by atoms with E-state index in [0.717, 1.165) is 23.9 Å². The number of nitrogens with zero attached hydrogens (tertiary/aromatic N) is 1. The van der Waals surface area contributed by atoms with Gasteiger partial charge in [0.25, 0.3) is 0 Å². The monoisotopic (exact) mass is 262 g/mol. The number of hydrogen-bond donors (Lipinski definition) is 1. The lowest BCUT2D eigenvalue weighted by Crippen LogP contribution is -2.40. The van der Waals surface area contributed by atoms with Gasteiger partial charge in [0.05, 0.1) is 6.10 Å². The summed E-state index contributed by atoms with van der Waals surface area (Å²) in [4.78, 5) is 2.45. The summed E-state index contributed by atoms with van der Waals surface area (Å²) in [5, 5.41) is 0. The molecule has 0 bridgehead atoms. The van der Waals surface area contributed by atoms with Crippen molar-refractivity contribution in [1.82, 2.24) is 0 Å². The third-order valence-corrected chi connectivity index (χ3v) is 3.76. The molecule has 0 radical (unpaired) electrons. The second-order valence-electron chi connectivity index (χ2n) is 6.10. The van der Waals surface area contributed by atoms with Gasteiger partial charge in [-0.1, -0.05) is 6.92 Å². The average Bonchev–Trinajstić information content (AvgIpc) is 2.26. The Kier molecular flexibility index (Phi) is 4.23. The molecule has 1 heterocycles. The van der Waals surface area contributed by atoms with Gasteiger partial charge < -0.3 is 15.4 Å². The lowest BCUT2D eigenvalue weighted by atomic mass is 9.93. The van der Waals surface area contributed by atoms with Crippen molar-refractivity contribution in [3.63, 3.8) is 0 Å². The SMILES string of the molecule is CC1CCN(c2cc(N)cc(OC(C)C)c2)C(C)C1. The minimum absolute atomic E-state index is 0.174. The molecule has 3 heteroatoms. The Balaban J connectivity index is 2.21. The maximum absolute atomic E-state index is 6.01. The molecule has 1 saturated heterocycles. The molecule has 0 saturated carbocycles. The van der Waals surface area contributed by atoms with Crippen LogP contribution in [0.5, 0.6) is 5.75 Å². The zero-order valence-electron chi connectivity index (χ0n) is 12.5. The van der Waals surface area contributed by atoms with Crippen LogP contribution in [0.4, 0.5) is 11.4 Å². The third kappa shape index (κ3) is 3.55. The van der Waals surface area contributed by atoms with Crippen LogP contribution >= 0.6 is 0 Å². The molecular formula is C16H26N2O. The first-order chi connectivity index (χ1) is 8.95. The summed E-state index contributed by atoms with van der Waals surface area (Å²) in [6, 6.07) is 6.64. The van der Waals surface area contributed by atoms with Crippen LogP contribution in [0.15, 0.2) is 18.2 Å². The summed E-state index contributed by atoms with van der Waals surface area (Å²) in [7, 11) is 0. The van der Waals surface area contributed by atoms with Crippen LogP contribution in [0, 0.1) is 5.92 Å².